The van der Waals surface area contributed by atoms with Crippen LogP contribution in [-0.4, -0.2) is 28.0 Å². The summed E-state index contributed by atoms with van der Waals surface area (Å²) in [6, 6.07) is 21.8. The molecule has 0 saturated carbocycles. The van der Waals surface area contributed by atoms with Gasteiger partial charge in [-0.25, -0.2) is 4.98 Å². The Balaban J connectivity index is 1.50. The predicted molar refractivity (Wildman–Crippen MR) is 138 cm³/mol. The average Bonchev–Trinajstić information content (AvgIpc) is 2.84. The lowest BCUT2D eigenvalue weighted by Gasteiger charge is -2.20. The molecule has 174 valence electrons. The van der Waals surface area contributed by atoms with E-state index in [2.05, 4.69) is 40.4 Å². The molecule has 0 saturated heterocycles. The van der Waals surface area contributed by atoms with Crippen LogP contribution in [0.1, 0.15) is 31.0 Å². The molecule has 0 fully saturated rings. The lowest BCUT2D eigenvalue weighted by Crippen LogP contribution is -2.21. The van der Waals surface area contributed by atoms with E-state index < -0.39 is 0 Å². The molecule has 0 bridgehead atoms. The van der Waals surface area contributed by atoms with Crippen molar-refractivity contribution in [3.05, 3.63) is 101 Å². The highest BCUT2D eigenvalue weighted by Gasteiger charge is 2.12. The molecule has 4 rings (SSSR count). The van der Waals surface area contributed by atoms with E-state index in [4.69, 9.17) is 10.7 Å². The van der Waals surface area contributed by atoms with Gasteiger partial charge in [0.1, 0.15) is 5.82 Å². The van der Waals surface area contributed by atoms with Crippen LogP contribution in [0, 0.1) is 0 Å². The highest BCUT2D eigenvalue weighted by Crippen LogP contribution is 2.25. The molecule has 0 spiro atoms. The number of rotatable bonds is 8. The molecule has 7 nitrogen and oxygen atoms in total. The minimum absolute atomic E-state index is 0.00843. The summed E-state index contributed by atoms with van der Waals surface area (Å²) in [5, 5.41) is 3.39. The Kier molecular flexibility index (Phi) is 7.04. The Morgan fingerprint density at radius 1 is 1.06 bits per heavy atom. The molecule has 0 aliphatic carbocycles. The number of nitrogens with two attached hydrogens (primary N) is 1. The maximum Gasteiger partial charge on any atom is 0.255 e. The number of benzene rings is 2. The number of nitrogens with one attached hydrogen (secondary N) is 2. The van der Waals surface area contributed by atoms with E-state index in [1.165, 1.54) is 5.56 Å². The summed E-state index contributed by atoms with van der Waals surface area (Å²) in [6.07, 6.45) is 4.25. The van der Waals surface area contributed by atoms with Gasteiger partial charge in [0.2, 0.25) is 5.95 Å². The van der Waals surface area contributed by atoms with Gasteiger partial charge in [-0.05, 0) is 49.1 Å². The van der Waals surface area contributed by atoms with Gasteiger partial charge >= 0.3 is 0 Å². The van der Waals surface area contributed by atoms with E-state index in [-0.39, 0.29) is 17.6 Å². The quantitative estimate of drug-likeness (QED) is 0.358. The predicted octanol–water partition coefficient (Wildman–Crippen LogP) is 4.66. The molecule has 2 heterocycles. The van der Waals surface area contributed by atoms with Crippen LogP contribution < -0.4 is 21.5 Å². The zero-order valence-electron chi connectivity index (χ0n) is 19.7. The van der Waals surface area contributed by atoms with Crippen molar-refractivity contribution in [1.82, 2.24) is 15.0 Å². The summed E-state index contributed by atoms with van der Waals surface area (Å²) >= 11 is 0. The van der Waals surface area contributed by atoms with Crippen LogP contribution >= 0.6 is 0 Å². The van der Waals surface area contributed by atoms with E-state index in [0.717, 1.165) is 29.1 Å². The van der Waals surface area contributed by atoms with Gasteiger partial charge in [0.15, 0.2) is 0 Å². The number of nitrogens with zero attached hydrogens (tertiary/aromatic N) is 3. The number of hydrogen-bond acceptors (Lipinski definition) is 6. The minimum atomic E-state index is -0.129. The normalized spacial score (nSPS) is 12.7. The van der Waals surface area contributed by atoms with Crippen LogP contribution in [-0.2, 0) is 6.42 Å². The van der Waals surface area contributed by atoms with Gasteiger partial charge in [-0.1, -0.05) is 54.6 Å². The van der Waals surface area contributed by atoms with Crippen LogP contribution in [0.4, 0.5) is 17.5 Å². The highest BCUT2D eigenvalue weighted by atomic mass is 16.1. The Morgan fingerprint density at radius 2 is 1.85 bits per heavy atom. The van der Waals surface area contributed by atoms with Crippen molar-refractivity contribution in [2.75, 3.05) is 17.3 Å². The largest absolute Gasteiger partial charge is 0.351 e. The number of pyridine rings is 1. The first-order valence-corrected chi connectivity index (χ1v) is 11.4. The first-order chi connectivity index (χ1) is 16.4. The third-order valence-corrected chi connectivity index (χ3v) is 5.74. The molecule has 0 amide bonds. The third kappa shape index (κ3) is 5.50. The molecule has 2 aromatic heterocycles. The number of hydrogen-bond donors (Lipinski definition) is 3. The van der Waals surface area contributed by atoms with Gasteiger partial charge in [0, 0.05) is 37.1 Å². The van der Waals surface area contributed by atoms with Crippen molar-refractivity contribution in [3.63, 3.8) is 0 Å². The van der Waals surface area contributed by atoms with Crippen LogP contribution in [0.3, 0.4) is 0 Å². The molecule has 4 aromatic rings. The fraction of sp³-hybridized carbons (Fsp3) is 0.222. The summed E-state index contributed by atoms with van der Waals surface area (Å²) in [4.78, 5) is 26.2. The Morgan fingerprint density at radius 3 is 2.62 bits per heavy atom. The van der Waals surface area contributed by atoms with Crippen molar-refractivity contribution >= 4 is 17.5 Å². The van der Waals surface area contributed by atoms with E-state index >= 15 is 0 Å². The second-order valence-electron chi connectivity index (χ2n) is 8.55. The molecule has 1 unspecified atom stereocenters. The second kappa shape index (κ2) is 10.3. The van der Waals surface area contributed by atoms with Gasteiger partial charge in [-0.3, -0.25) is 4.79 Å². The summed E-state index contributed by atoms with van der Waals surface area (Å²) in [5.74, 6) is 1.27. The van der Waals surface area contributed by atoms with Crippen LogP contribution in [0.2, 0.25) is 0 Å². The second-order valence-corrected chi connectivity index (χ2v) is 8.55. The van der Waals surface area contributed by atoms with Gasteiger partial charge in [-0.15, -0.1) is 0 Å². The van der Waals surface area contributed by atoms with Gasteiger partial charge in [0.05, 0.1) is 5.69 Å². The van der Waals surface area contributed by atoms with E-state index in [0.29, 0.717) is 11.5 Å². The number of anilines is 3. The van der Waals surface area contributed by atoms with Crippen LogP contribution in [0.5, 0.6) is 0 Å². The zero-order valence-corrected chi connectivity index (χ0v) is 19.7. The fourth-order valence-electron chi connectivity index (χ4n) is 3.86. The molecule has 0 aliphatic heterocycles. The molecule has 34 heavy (non-hydrogen) atoms. The standard InChI is InChI=1S/C27H30N6O/c1-18(14-20-8-7-11-22(15-20)19(2)28)31-27-29-13-12-25(32-27)33(3)23-16-24(26(34)30-17-23)21-9-5-4-6-10-21/h4-13,15-19H,14,28H2,1-3H3,(H,30,34)(H,29,31,32)/t18?,19-/m0/s1. The number of H-pyrrole nitrogens is 1. The smallest absolute Gasteiger partial charge is 0.255 e. The van der Waals surface area contributed by atoms with Gasteiger partial charge in [0.25, 0.3) is 5.56 Å². The third-order valence-electron chi connectivity index (χ3n) is 5.74. The molecule has 2 atom stereocenters. The molecule has 7 heteroatoms. The Hall–Kier alpha value is -3.97. The van der Waals surface area contributed by atoms with Crippen molar-refractivity contribution in [3.8, 4) is 11.1 Å². The summed E-state index contributed by atoms with van der Waals surface area (Å²) < 4.78 is 0. The topological polar surface area (TPSA) is 99.9 Å². The molecule has 4 N–H and O–H groups in total. The average molecular weight is 455 g/mol. The molecule has 0 radical (unpaired) electrons. The zero-order chi connectivity index (χ0) is 24.1. The van der Waals surface area contributed by atoms with Crippen molar-refractivity contribution in [1.29, 1.82) is 0 Å². The van der Waals surface area contributed by atoms with Gasteiger partial charge in [-0.2, -0.15) is 4.98 Å². The van der Waals surface area contributed by atoms with Crippen LogP contribution in [0.25, 0.3) is 11.1 Å². The van der Waals surface area contributed by atoms with Crippen molar-refractivity contribution in [2.45, 2.75) is 32.4 Å². The highest BCUT2D eigenvalue weighted by molar-refractivity contribution is 5.69. The molecular formula is C27H30N6O. The monoisotopic (exact) mass is 454 g/mol. The summed E-state index contributed by atoms with van der Waals surface area (Å²) in [6.45, 7) is 4.09. The summed E-state index contributed by atoms with van der Waals surface area (Å²) in [5.41, 5.74) is 10.5. The first kappa shape index (κ1) is 23.2. The van der Waals surface area contributed by atoms with Crippen LogP contribution in [0.15, 0.2) is 83.9 Å². The minimum Gasteiger partial charge on any atom is -0.351 e. The maximum absolute atomic E-state index is 12.4. The Bertz CT molecular complexity index is 1300. The molecule has 2 aromatic carbocycles. The SMILES string of the molecule is CC(Cc1cccc([C@H](C)N)c1)Nc1nccc(N(C)c2c[nH]c(=O)c(-c3ccccc3)c2)n1. The van der Waals surface area contributed by atoms with Gasteiger partial charge < -0.3 is 20.9 Å². The molecule has 0 aliphatic rings. The first-order valence-electron chi connectivity index (χ1n) is 11.4. The lowest BCUT2D eigenvalue weighted by atomic mass is 10.0. The maximum atomic E-state index is 12.4. The molecular weight excluding hydrogens is 424 g/mol. The Labute approximate surface area is 199 Å². The number of aromatic amines is 1. The lowest BCUT2D eigenvalue weighted by molar-refractivity contribution is 0.768. The van der Waals surface area contributed by atoms with E-state index in [1.807, 2.05) is 67.4 Å². The van der Waals surface area contributed by atoms with Crippen molar-refractivity contribution < 1.29 is 0 Å². The van der Waals surface area contributed by atoms with E-state index in [1.54, 1.807) is 12.4 Å². The summed E-state index contributed by atoms with van der Waals surface area (Å²) in [7, 11) is 1.91. The van der Waals surface area contributed by atoms with Crippen molar-refractivity contribution in [2.24, 2.45) is 5.73 Å². The van der Waals surface area contributed by atoms with E-state index in [9.17, 15) is 4.79 Å². The fourth-order valence-corrected chi connectivity index (χ4v) is 3.86. The number of aromatic nitrogens is 3.